The third-order valence-electron chi connectivity index (χ3n) is 6.83. The van der Waals surface area contributed by atoms with Crippen LogP contribution in [0, 0.1) is 0 Å². The Hall–Kier alpha value is -3.38. The van der Waals surface area contributed by atoms with Crippen molar-refractivity contribution in [3.8, 4) is 22.3 Å². The predicted octanol–water partition coefficient (Wildman–Crippen LogP) is 7.95. The molecule has 2 bridgehead atoms. The van der Waals surface area contributed by atoms with E-state index in [1.54, 1.807) is 5.57 Å². The van der Waals surface area contributed by atoms with Crippen LogP contribution in [0.25, 0.3) is 22.3 Å². The summed E-state index contributed by atoms with van der Waals surface area (Å²) in [6.45, 7) is 4.56. The first kappa shape index (κ1) is 17.5. The second kappa shape index (κ2) is 6.57. The summed E-state index contributed by atoms with van der Waals surface area (Å²) in [4.78, 5) is 0. The van der Waals surface area contributed by atoms with Crippen molar-refractivity contribution in [1.29, 1.82) is 0 Å². The Bertz CT molecular complexity index is 1190. The highest BCUT2D eigenvalue weighted by Gasteiger charge is 2.46. The number of hydrogen-bond donors (Lipinski definition) is 0. The summed E-state index contributed by atoms with van der Waals surface area (Å²) in [7, 11) is 0. The molecule has 0 heteroatoms. The van der Waals surface area contributed by atoms with Crippen LogP contribution in [0.15, 0.2) is 108 Å². The summed E-state index contributed by atoms with van der Waals surface area (Å²) in [5.74, 6) is 0.803. The van der Waals surface area contributed by atoms with E-state index < -0.39 is 0 Å². The first-order valence-electron chi connectivity index (χ1n) is 10.8. The summed E-state index contributed by atoms with van der Waals surface area (Å²) >= 11 is 0. The van der Waals surface area contributed by atoms with Gasteiger partial charge in [-0.25, -0.2) is 0 Å². The highest BCUT2D eigenvalue weighted by Crippen LogP contribution is 2.61. The Morgan fingerprint density at radius 3 is 1.30 bits per heavy atom. The molecule has 0 nitrogen and oxygen atoms in total. The van der Waals surface area contributed by atoms with Crippen molar-refractivity contribution >= 4 is 0 Å². The van der Waals surface area contributed by atoms with Crippen molar-refractivity contribution in [3.63, 3.8) is 0 Å². The largest absolute Gasteiger partial charge is 0.0753 e. The first-order chi connectivity index (χ1) is 14.7. The van der Waals surface area contributed by atoms with Gasteiger partial charge in [-0.1, -0.05) is 90.5 Å². The van der Waals surface area contributed by atoms with Crippen LogP contribution in [0.4, 0.5) is 0 Å². The topological polar surface area (TPSA) is 0 Å². The first-order valence-corrected chi connectivity index (χ1v) is 10.8. The van der Waals surface area contributed by atoms with Gasteiger partial charge in [0.15, 0.2) is 0 Å². The van der Waals surface area contributed by atoms with Crippen LogP contribution in [-0.4, -0.2) is 0 Å². The molecule has 0 fully saturated rings. The summed E-state index contributed by atoms with van der Waals surface area (Å²) in [5.41, 5.74) is 14.3. The second-order valence-electron chi connectivity index (χ2n) is 8.74. The Morgan fingerprint density at radius 2 is 0.900 bits per heavy atom. The number of allylic oxidation sites excluding steroid dienone is 2. The van der Waals surface area contributed by atoms with Gasteiger partial charge in [0.2, 0.25) is 0 Å². The van der Waals surface area contributed by atoms with E-state index >= 15 is 0 Å². The quantitative estimate of drug-likeness (QED) is 0.308. The zero-order valence-electron chi connectivity index (χ0n) is 17.4. The monoisotopic (exact) mass is 384 g/mol. The molecule has 0 aromatic heterocycles. The van der Waals surface area contributed by atoms with Crippen molar-refractivity contribution in [1.82, 2.24) is 0 Å². The van der Waals surface area contributed by atoms with Gasteiger partial charge >= 0.3 is 0 Å². The van der Waals surface area contributed by atoms with Crippen LogP contribution in [0.3, 0.4) is 0 Å². The van der Waals surface area contributed by atoms with Crippen LogP contribution < -0.4 is 0 Å². The molecule has 0 aliphatic heterocycles. The average molecular weight is 385 g/mol. The molecule has 0 saturated carbocycles. The molecule has 0 amide bonds. The fraction of sp³-hybridized carbons (Fsp3) is 0.133. The number of fused-ring (bicyclic) bond motifs is 8. The van der Waals surface area contributed by atoms with Gasteiger partial charge < -0.3 is 0 Å². The SMILES string of the molecule is CC(C)=C1C2c3ccc(-c4ccccc4)cc3C1c1ccc(-c3ccccc3)cc12. The van der Waals surface area contributed by atoms with E-state index in [0.29, 0.717) is 11.8 Å². The zero-order chi connectivity index (χ0) is 20.2. The van der Waals surface area contributed by atoms with Gasteiger partial charge in [0.05, 0.1) is 0 Å². The van der Waals surface area contributed by atoms with E-state index in [0.717, 1.165) is 0 Å². The van der Waals surface area contributed by atoms with Crippen molar-refractivity contribution in [2.24, 2.45) is 0 Å². The molecule has 0 radical (unpaired) electrons. The number of hydrogen-bond acceptors (Lipinski definition) is 0. The lowest BCUT2D eigenvalue weighted by atomic mass is 9.83. The van der Waals surface area contributed by atoms with E-state index in [2.05, 4.69) is 111 Å². The van der Waals surface area contributed by atoms with Crippen molar-refractivity contribution < 1.29 is 0 Å². The van der Waals surface area contributed by atoms with Gasteiger partial charge in [0, 0.05) is 11.8 Å². The van der Waals surface area contributed by atoms with E-state index in [1.807, 2.05) is 0 Å². The molecule has 2 atom stereocenters. The smallest absolute Gasteiger partial charge is 0.0317 e. The molecule has 0 spiro atoms. The minimum absolute atomic E-state index is 0.401. The van der Waals surface area contributed by atoms with Gasteiger partial charge in [-0.15, -0.1) is 0 Å². The zero-order valence-corrected chi connectivity index (χ0v) is 17.4. The van der Waals surface area contributed by atoms with E-state index in [4.69, 9.17) is 0 Å². The number of rotatable bonds is 2. The Kier molecular flexibility index (Phi) is 3.83. The van der Waals surface area contributed by atoms with Gasteiger partial charge in [0.1, 0.15) is 0 Å². The summed E-state index contributed by atoms with van der Waals surface area (Å²) < 4.78 is 0. The second-order valence-corrected chi connectivity index (χ2v) is 8.74. The molecular weight excluding hydrogens is 360 g/mol. The highest BCUT2D eigenvalue weighted by atomic mass is 14.5. The van der Waals surface area contributed by atoms with Crippen molar-refractivity contribution in [2.75, 3.05) is 0 Å². The molecule has 2 aliphatic rings. The lowest BCUT2D eigenvalue weighted by Gasteiger charge is -2.20. The molecule has 2 aliphatic carbocycles. The van der Waals surface area contributed by atoms with Gasteiger partial charge in [-0.2, -0.15) is 0 Å². The molecule has 0 saturated heterocycles. The standard InChI is InChI=1S/C30H24/c1-19(2)28-29-25-16-14-23(21-11-7-4-8-12-21)18-27(25)30(28)24-15-13-22(17-26(24)29)20-9-5-3-6-10-20/h3-18,29-30H,1-2H3. The Labute approximate surface area is 178 Å². The Morgan fingerprint density at radius 1 is 0.467 bits per heavy atom. The lowest BCUT2D eigenvalue weighted by molar-refractivity contribution is 0.982. The molecule has 4 aromatic carbocycles. The molecule has 4 aromatic rings. The van der Waals surface area contributed by atoms with Gasteiger partial charge in [-0.3, -0.25) is 0 Å². The third-order valence-corrected chi connectivity index (χ3v) is 6.83. The molecular formula is C30H24. The lowest BCUT2D eigenvalue weighted by Crippen LogP contribution is -2.03. The molecule has 30 heavy (non-hydrogen) atoms. The van der Waals surface area contributed by atoms with E-state index in [1.165, 1.54) is 50.1 Å². The van der Waals surface area contributed by atoms with Gasteiger partial charge in [0.25, 0.3) is 0 Å². The molecule has 6 rings (SSSR count). The van der Waals surface area contributed by atoms with Crippen LogP contribution >= 0.6 is 0 Å². The van der Waals surface area contributed by atoms with Crippen LogP contribution in [0.2, 0.25) is 0 Å². The van der Waals surface area contributed by atoms with Crippen LogP contribution in [0.1, 0.15) is 47.9 Å². The van der Waals surface area contributed by atoms with Crippen molar-refractivity contribution in [3.05, 3.63) is 130 Å². The van der Waals surface area contributed by atoms with Crippen LogP contribution in [-0.2, 0) is 0 Å². The average Bonchev–Trinajstić information content (AvgIpc) is 3.32. The molecule has 0 heterocycles. The number of benzene rings is 4. The molecule has 0 N–H and O–H groups in total. The fourth-order valence-electron chi connectivity index (χ4n) is 5.54. The molecule has 144 valence electrons. The van der Waals surface area contributed by atoms with Crippen molar-refractivity contribution in [2.45, 2.75) is 25.7 Å². The normalized spacial score (nSPS) is 18.3. The molecule has 2 unspecified atom stereocenters. The third kappa shape index (κ3) is 2.47. The minimum atomic E-state index is 0.401. The summed E-state index contributed by atoms with van der Waals surface area (Å²) in [6, 6.07) is 35.7. The van der Waals surface area contributed by atoms with E-state index in [9.17, 15) is 0 Å². The summed E-state index contributed by atoms with van der Waals surface area (Å²) in [5, 5.41) is 0. The Balaban J connectivity index is 1.52. The summed E-state index contributed by atoms with van der Waals surface area (Å²) in [6.07, 6.45) is 0. The van der Waals surface area contributed by atoms with Crippen LogP contribution in [0.5, 0.6) is 0 Å². The fourth-order valence-corrected chi connectivity index (χ4v) is 5.54. The maximum Gasteiger partial charge on any atom is 0.0317 e. The van der Waals surface area contributed by atoms with Gasteiger partial charge in [-0.05, 0) is 76.1 Å². The maximum absolute atomic E-state index is 2.44. The minimum Gasteiger partial charge on any atom is -0.0753 e. The predicted molar refractivity (Wildman–Crippen MR) is 126 cm³/mol. The maximum atomic E-state index is 2.44. The highest BCUT2D eigenvalue weighted by molar-refractivity contribution is 5.77. The van der Waals surface area contributed by atoms with E-state index in [-0.39, 0.29) is 0 Å².